The molecule has 0 aliphatic rings. The zero-order valence-corrected chi connectivity index (χ0v) is 25.1. The summed E-state index contributed by atoms with van der Waals surface area (Å²) in [7, 11) is -4.65. The monoisotopic (exact) mass is 635 g/mol. The summed E-state index contributed by atoms with van der Waals surface area (Å²) in [5, 5.41) is 18.7. The molecule has 0 aliphatic carbocycles. The SMILES string of the molecule is O=CCN(CC=O)CCN(CC=O)CC(COP(=O)(O)OCCc1ccc(-c2ccccc2)cc1)N(CC(=O)O)CC(=O)O. The van der Waals surface area contributed by atoms with Crippen molar-refractivity contribution in [2.75, 3.05) is 65.6 Å². The predicted octanol–water partition coefficient (Wildman–Crippen LogP) is 1.07. The Labute approximate surface area is 255 Å². The fourth-order valence-corrected chi connectivity index (χ4v) is 5.09. The molecular formula is C29H38N3O11P. The van der Waals surface area contributed by atoms with E-state index in [4.69, 9.17) is 9.05 Å². The van der Waals surface area contributed by atoms with Crippen molar-refractivity contribution >= 4 is 38.6 Å². The van der Waals surface area contributed by atoms with E-state index >= 15 is 0 Å². The zero-order valence-electron chi connectivity index (χ0n) is 24.2. The summed E-state index contributed by atoms with van der Waals surface area (Å²) in [5.74, 6) is -2.69. The second-order valence-corrected chi connectivity index (χ2v) is 11.2. The lowest BCUT2D eigenvalue weighted by atomic mass is 10.0. The van der Waals surface area contributed by atoms with Crippen LogP contribution in [-0.4, -0.2) is 132 Å². The van der Waals surface area contributed by atoms with Crippen LogP contribution in [0.15, 0.2) is 54.6 Å². The smallest absolute Gasteiger partial charge is 0.472 e. The summed E-state index contributed by atoms with van der Waals surface area (Å²) in [6.07, 6.45) is 2.10. The molecule has 0 aliphatic heterocycles. The molecule has 0 spiro atoms. The van der Waals surface area contributed by atoms with Crippen LogP contribution in [0.1, 0.15) is 5.56 Å². The Balaban J connectivity index is 2.07. The Morgan fingerprint density at radius 1 is 0.773 bits per heavy atom. The van der Waals surface area contributed by atoms with E-state index < -0.39 is 45.5 Å². The number of carboxylic acids is 2. The lowest BCUT2D eigenvalue weighted by Crippen LogP contribution is -2.51. The molecule has 0 saturated carbocycles. The normalized spacial score (nSPS) is 13.5. The second kappa shape index (κ2) is 19.6. The zero-order chi connectivity index (χ0) is 32.4. The number of hydrogen-bond donors (Lipinski definition) is 3. The van der Waals surface area contributed by atoms with Crippen molar-refractivity contribution in [3.8, 4) is 11.1 Å². The molecule has 2 rings (SSSR count). The lowest BCUT2D eigenvalue weighted by molar-refractivity contribution is -0.143. The highest BCUT2D eigenvalue weighted by molar-refractivity contribution is 7.47. The van der Waals surface area contributed by atoms with E-state index in [1.54, 1.807) is 0 Å². The van der Waals surface area contributed by atoms with Crippen molar-refractivity contribution in [2.24, 2.45) is 0 Å². The average Bonchev–Trinajstić information content (AvgIpc) is 2.98. The standard InChI is InChI=1S/C29H38N3O11P/c33-16-13-30(14-17-34)11-12-31(15-18-35)20-27(32(21-28(36)37)22-29(38)39)23-43-44(40,41)42-19-10-24-6-8-26(9-7-24)25-4-2-1-3-5-25/h1-9,16-18,27H,10-15,19-23H2,(H,36,37)(H,38,39)(H,40,41). The van der Waals surface area contributed by atoms with Crippen molar-refractivity contribution in [1.82, 2.24) is 14.7 Å². The maximum atomic E-state index is 12.7. The molecule has 3 N–H and O–H groups in total. The topological polar surface area (TPSA) is 191 Å². The number of benzene rings is 2. The third-order valence-electron chi connectivity index (χ3n) is 6.53. The third kappa shape index (κ3) is 14.2. The van der Waals surface area contributed by atoms with Crippen molar-refractivity contribution in [3.63, 3.8) is 0 Å². The number of phosphoric ester groups is 1. The van der Waals surface area contributed by atoms with E-state index in [1.807, 2.05) is 54.6 Å². The van der Waals surface area contributed by atoms with Crippen LogP contribution in [0.4, 0.5) is 0 Å². The Morgan fingerprint density at radius 3 is 1.84 bits per heavy atom. The van der Waals surface area contributed by atoms with Gasteiger partial charge in [0.15, 0.2) is 0 Å². The highest BCUT2D eigenvalue weighted by atomic mass is 31.2. The summed E-state index contributed by atoms with van der Waals surface area (Å²) >= 11 is 0. The number of phosphoric acid groups is 1. The average molecular weight is 636 g/mol. The predicted molar refractivity (Wildman–Crippen MR) is 159 cm³/mol. The van der Waals surface area contributed by atoms with Gasteiger partial charge in [0.05, 0.1) is 45.9 Å². The van der Waals surface area contributed by atoms with Gasteiger partial charge < -0.3 is 29.5 Å². The van der Waals surface area contributed by atoms with Crippen molar-refractivity contribution in [3.05, 3.63) is 60.2 Å². The number of carboxylic acid groups (broad SMARTS) is 2. The lowest BCUT2D eigenvalue weighted by Gasteiger charge is -2.34. The maximum Gasteiger partial charge on any atom is 0.472 e. The molecule has 2 unspecified atom stereocenters. The molecule has 2 atom stereocenters. The first-order valence-corrected chi connectivity index (χ1v) is 15.3. The minimum absolute atomic E-state index is 0.0352. The van der Waals surface area contributed by atoms with Gasteiger partial charge in [0.1, 0.15) is 18.9 Å². The third-order valence-corrected chi connectivity index (χ3v) is 7.51. The van der Waals surface area contributed by atoms with Crippen LogP contribution in [0.2, 0.25) is 0 Å². The first kappa shape index (κ1) is 36.6. The Kier molecular flexibility index (Phi) is 16.3. The van der Waals surface area contributed by atoms with Crippen LogP contribution < -0.4 is 0 Å². The number of carbonyl (C=O) groups is 5. The van der Waals surface area contributed by atoms with Gasteiger partial charge in [-0.1, -0.05) is 54.6 Å². The van der Waals surface area contributed by atoms with Crippen LogP contribution >= 0.6 is 7.82 Å². The van der Waals surface area contributed by atoms with Crippen molar-refractivity contribution < 1.29 is 52.7 Å². The maximum absolute atomic E-state index is 12.7. The van der Waals surface area contributed by atoms with Gasteiger partial charge >= 0.3 is 19.8 Å². The molecule has 0 fully saturated rings. The number of rotatable bonds is 24. The molecule has 0 saturated heterocycles. The van der Waals surface area contributed by atoms with Gasteiger partial charge in [-0.25, -0.2) is 4.57 Å². The van der Waals surface area contributed by atoms with Gasteiger partial charge in [-0.3, -0.25) is 33.3 Å². The summed E-state index contributed by atoms with van der Waals surface area (Å²) in [6, 6.07) is 16.3. The van der Waals surface area contributed by atoms with Gasteiger partial charge in [0, 0.05) is 25.7 Å². The molecule has 2 aromatic rings. The van der Waals surface area contributed by atoms with E-state index in [0.717, 1.165) is 21.6 Å². The largest absolute Gasteiger partial charge is 0.480 e. The number of aldehydes is 3. The molecule has 14 nitrogen and oxygen atoms in total. The van der Waals surface area contributed by atoms with Crippen LogP contribution in [-0.2, 0) is 44.0 Å². The highest BCUT2D eigenvalue weighted by Gasteiger charge is 2.30. The first-order chi connectivity index (χ1) is 21.1. The number of hydrogen-bond acceptors (Lipinski definition) is 11. The van der Waals surface area contributed by atoms with Gasteiger partial charge in [-0.05, 0) is 23.1 Å². The number of aliphatic carboxylic acids is 2. The molecular weight excluding hydrogens is 597 g/mol. The van der Waals surface area contributed by atoms with Crippen molar-refractivity contribution in [2.45, 2.75) is 12.5 Å². The van der Waals surface area contributed by atoms with Gasteiger partial charge in [-0.15, -0.1) is 0 Å². The quantitative estimate of drug-likeness (QED) is 0.110. The van der Waals surface area contributed by atoms with Crippen LogP contribution in [0, 0.1) is 0 Å². The number of nitrogens with zero attached hydrogens (tertiary/aromatic N) is 3. The molecule has 0 bridgehead atoms. The fraction of sp³-hybridized carbons (Fsp3) is 0.414. The van der Waals surface area contributed by atoms with E-state index in [0.29, 0.717) is 25.3 Å². The molecule has 2 aromatic carbocycles. The summed E-state index contributed by atoms with van der Waals surface area (Å²) < 4.78 is 23.0. The first-order valence-electron chi connectivity index (χ1n) is 13.8. The molecule has 240 valence electrons. The van der Waals surface area contributed by atoms with E-state index in [2.05, 4.69) is 0 Å². The highest BCUT2D eigenvalue weighted by Crippen LogP contribution is 2.43. The molecule has 15 heteroatoms. The Bertz CT molecular complexity index is 1220. The molecule has 44 heavy (non-hydrogen) atoms. The van der Waals surface area contributed by atoms with Crippen LogP contribution in [0.25, 0.3) is 11.1 Å². The molecule has 0 radical (unpaired) electrons. The van der Waals surface area contributed by atoms with E-state index in [9.17, 15) is 43.6 Å². The van der Waals surface area contributed by atoms with E-state index in [1.165, 1.54) is 9.80 Å². The van der Waals surface area contributed by atoms with E-state index in [-0.39, 0.29) is 45.9 Å². The summed E-state index contributed by atoms with van der Waals surface area (Å²) in [6.45, 7) is -2.26. The second-order valence-electron chi connectivity index (χ2n) is 9.78. The number of carbonyl (C=O) groups excluding carboxylic acids is 3. The van der Waals surface area contributed by atoms with Crippen LogP contribution in [0.3, 0.4) is 0 Å². The summed E-state index contributed by atoms with van der Waals surface area (Å²) in [5.41, 5.74) is 2.90. The minimum atomic E-state index is -4.65. The summed E-state index contributed by atoms with van der Waals surface area (Å²) in [4.78, 5) is 70.6. The molecule has 0 amide bonds. The van der Waals surface area contributed by atoms with Crippen LogP contribution in [0.5, 0.6) is 0 Å². The van der Waals surface area contributed by atoms with Gasteiger partial charge in [-0.2, -0.15) is 0 Å². The Morgan fingerprint density at radius 2 is 1.30 bits per heavy atom. The molecule has 0 aromatic heterocycles. The Hall–Kier alpha value is -3.62. The fourth-order valence-electron chi connectivity index (χ4n) is 4.34. The molecule has 0 heterocycles. The van der Waals surface area contributed by atoms with Crippen molar-refractivity contribution in [1.29, 1.82) is 0 Å². The minimum Gasteiger partial charge on any atom is -0.480 e. The van der Waals surface area contributed by atoms with Gasteiger partial charge in [0.2, 0.25) is 0 Å². The van der Waals surface area contributed by atoms with Gasteiger partial charge in [0.25, 0.3) is 0 Å².